The van der Waals surface area contributed by atoms with E-state index >= 15 is 0 Å². The summed E-state index contributed by atoms with van der Waals surface area (Å²) in [7, 11) is 1.80. The second-order valence-electron chi connectivity index (χ2n) is 5.50. The standard InChI is InChI=1S/C16H25N3O/c1-12-8-13(2)10-15(9-12)20-7-6-18-16(17-3)19-11-14-4-5-14/h8-10,14H,4-7,11H2,1-3H3,(H2,17,18,19). The Hall–Kier alpha value is -1.71. The summed E-state index contributed by atoms with van der Waals surface area (Å²) in [4.78, 5) is 4.20. The quantitative estimate of drug-likeness (QED) is 0.475. The Labute approximate surface area is 121 Å². The van der Waals surface area contributed by atoms with Crippen LogP contribution in [0.15, 0.2) is 23.2 Å². The average Bonchev–Trinajstić information content (AvgIpc) is 3.21. The van der Waals surface area contributed by atoms with Crippen molar-refractivity contribution in [3.05, 3.63) is 29.3 Å². The van der Waals surface area contributed by atoms with Crippen LogP contribution >= 0.6 is 0 Å². The molecule has 1 saturated carbocycles. The molecule has 0 aromatic heterocycles. The van der Waals surface area contributed by atoms with Gasteiger partial charge in [-0.2, -0.15) is 0 Å². The lowest BCUT2D eigenvalue weighted by Crippen LogP contribution is -2.40. The van der Waals surface area contributed by atoms with Crippen LogP contribution in [0.5, 0.6) is 5.75 Å². The Bertz CT molecular complexity index is 447. The molecule has 4 heteroatoms. The summed E-state index contributed by atoms with van der Waals surface area (Å²) in [5, 5.41) is 6.60. The number of ether oxygens (including phenoxy) is 1. The Balaban J connectivity index is 1.66. The predicted molar refractivity (Wildman–Crippen MR) is 83.5 cm³/mol. The number of nitrogens with zero attached hydrogens (tertiary/aromatic N) is 1. The first-order valence-electron chi connectivity index (χ1n) is 7.33. The van der Waals surface area contributed by atoms with E-state index in [0.29, 0.717) is 6.61 Å². The van der Waals surface area contributed by atoms with E-state index in [9.17, 15) is 0 Å². The number of benzene rings is 1. The van der Waals surface area contributed by atoms with Gasteiger partial charge >= 0.3 is 0 Å². The lowest BCUT2D eigenvalue weighted by molar-refractivity contribution is 0.321. The summed E-state index contributed by atoms with van der Waals surface area (Å²) in [6, 6.07) is 6.27. The van der Waals surface area contributed by atoms with Crippen LogP contribution in [-0.4, -0.2) is 32.7 Å². The van der Waals surface area contributed by atoms with Crippen LogP contribution in [0.4, 0.5) is 0 Å². The van der Waals surface area contributed by atoms with Gasteiger partial charge in [0.05, 0.1) is 6.54 Å². The molecule has 20 heavy (non-hydrogen) atoms. The van der Waals surface area contributed by atoms with E-state index in [1.165, 1.54) is 24.0 Å². The van der Waals surface area contributed by atoms with Crippen LogP contribution in [0.25, 0.3) is 0 Å². The molecule has 1 aromatic rings. The van der Waals surface area contributed by atoms with Gasteiger partial charge in [-0.05, 0) is 55.9 Å². The summed E-state index contributed by atoms with van der Waals surface area (Å²) in [5.41, 5.74) is 2.46. The molecule has 0 heterocycles. The van der Waals surface area contributed by atoms with Crippen LogP contribution in [0.3, 0.4) is 0 Å². The summed E-state index contributed by atoms with van der Waals surface area (Å²) >= 11 is 0. The van der Waals surface area contributed by atoms with E-state index in [4.69, 9.17) is 4.74 Å². The number of rotatable bonds is 6. The predicted octanol–water partition coefficient (Wildman–Crippen LogP) is 2.26. The molecule has 0 aliphatic heterocycles. The first kappa shape index (κ1) is 14.7. The number of nitrogens with one attached hydrogen (secondary N) is 2. The maximum Gasteiger partial charge on any atom is 0.191 e. The first-order chi connectivity index (χ1) is 9.67. The zero-order valence-electron chi connectivity index (χ0n) is 12.7. The monoisotopic (exact) mass is 275 g/mol. The molecule has 2 N–H and O–H groups in total. The van der Waals surface area contributed by atoms with Crippen LogP contribution in [-0.2, 0) is 0 Å². The second kappa shape index (κ2) is 7.17. The van der Waals surface area contributed by atoms with Crippen molar-refractivity contribution < 1.29 is 4.74 Å². The fourth-order valence-electron chi connectivity index (χ4n) is 2.14. The largest absolute Gasteiger partial charge is 0.492 e. The molecular formula is C16H25N3O. The Morgan fingerprint density at radius 3 is 2.50 bits per heavy atom. The second-order valence-corrected chi connectivity index (χ2v) is 5.50. The van der Waals surface area contributed by atoms with E-state index in [-0.39, 0.29) is 0 Å². The SMILES string of the molecule is CN=C(NCCOc1cc(C)cc(C)c1)NCC1CC1. The molecule has 1 aliphatic carbocycles. The molecule has 0 bridgehead atoms. The fraction of sp³-hybridized carbons (Fsp3) is 0.562. The Kier molecular flexibility index (Phi) is 5.27. The highest BCUT2D eigenvalue weighted by Crippen LogP contribution is 2.27. The van der Waals surface area contributed by atoms with Gasteiger partial charge in [-0.3, -0.25) is 4.99 Å². The minimum atomic E-state index is 0.632. The average molecular weight is 275 g/mol. The molecular weight excluding hydrogens is 250 g/mol. The molecule has 1 fully saturated rings. The van der Waals surface area contributed by atoms with Gasteiger partial charge in [0.2, 0.25) is 0 Å². The highest BCUT2D eigenvalue weighted by Gasteiger charge is 2.20. The minimum Gasteiger partial charge on any atom is -0.492 e. The molecule has 0 atom stereocenters. The molecule has 0 amide bonds. The summed E-state index contributed by atoms with van der Waals surface area (Å²) in [6.07, 6.45) is 2.69. The van der Waals surface area contributed by atoms with Crippen molar-refractivity contribution in [2.75, 3.05) is 26.7 Å². The molecule has 0 radical (unpaired) electrons. The normalized spacial score (nSPS) is 15.1. The molecule has 1 aromatic carbocycles. The van der Waals surface area contributed by atoms with Gasteiger partial charge in [0.1, 0.15) is 12.4 Å². The zero-order valence-corrected chi connectivity index (χ0v) is 12.7. The molecule has 0 spiro atoms. The lowest BCUT2D eigenvalue weighted by atomic mass is 10.1. The van der Waals surface area contributed by atoms with Crippen molar-refractivity contribution in [3.63, 3.8) is 0 Å². The van der Waals surface area contributed by atoms with Crippen LogP contribution in [0.2, 0.25) is 0 Å². The van der Waals surface area contributed by atoms with Gasteiger partial charge < -0.3 is 15.4 Å². The van der Waals surface area contributed by atoms with E-state index in [0.717, 1.165) is 30.7 Å². The summed E-state index contributed by atoms with van der Waals surface area (Å²) in [6.45, 7) is 6.57. The molecule has 4 nitrogen and oxygen atoms in total. The van der Waals surface area contributed by atoms with Crippen molar-refractivity contribution in [3.8, 4) is 5.75 Å². The van der Waals surface area contributed by atoms with E-state index in [1.807, 2.05) is 0 Å². The molecule has 0 unspecified atom stereocenters. The molecule has 2 rings (SSSR count). The zero-order chi connectivity index (χ0) is 14.4. The third kappa shape index (κ3) is 5.11. The van der Waals surface area contributed by atoms with Crippen LogP contribution in [0, 0.1) is 19.8 Å². The third-order valence-corrected chi connectivity index (χ3v) is 3.34. The minimum absolute atomic E-state index is 0.632. The number of hydrogen-bond acceptors (Lipinski definition) is 2. The van der Waals surface area contributed by atoms with E-state index < -0.39 is 0 Å². The number of aryl methyl sites for hydroxylation is 2. The molecule has 1 aliphatic rings. The number of guanidine groups is 1. The van der Waals surface area contributed by atoms with E-state index in [1.54, 1.807) is 7.05 Å². The van der Waals surface area contributed by atoms with Crippen molar-refractivity contribution in [2.24, 2.45) is 10.9 Å². The van der Waals surface area contributed by atoms with Gasteiger partial charge in [-0.15, -0.1) is 0 Å². The van der Waals surface area contributed by atoms with Crippen LogP contribution < -0.4 is 15.4 Å². The lowest BCUT2D eigenvalue weighted by Gasteiger charge is -2.12. The van der Waals surface area contributed by atoms with Gasteiger partial charge in [0.25, 0.3) is 0 Å². The van der Waals surface area contributed by atoms with Gasteiger partial charge in [0.15, 0.2) is 5.96 Å². The fourth-order valence-corrected chi connectivity index (χ4v) is 2.14. The summed E-state index contributed by atoms with van der Waals surface area (Å²) in [5.74, 6) is 2.64. The third-order valence-electron chi connectivity index (χ3n) is 3.34. The highest BCUT2D eigenvalue weighted by molar-refractivity contribution is 5.79. The van der Waals surface area contributed by atoms with Gasteiger partial charge in [0, 0.05) is 13.6 Å². The van der Waals surface area contributed by atoms with Gasteiger partial charge in [-0.25, -0.2) is 0 Å². The molecule has 110 valence electrons. The topological polar surface area (TPSA) is 45.7 Å². The highest BCUT2D eigenvalue weighted by atomic mass is 16.5. The van der Waals surface area contributed by atoms with Crippen molar-refractivity contribution in [1.29, 1.82) is 0 Å². The first-order valence-corrected chi connectivity index (χ1v) is 7.33. The van der Waals surface area contributed by atoms with Gasteiger partial charge in [-0.1, -0.05) is 6.07 Å². The smallest absolute Gasteiger partial charge is 0.191 e. The molecule has 0 saturated heterocycles. The van der Waals surface area contributed by atoms with Crippen molar-refractivity contribution in [2.45, 2.75) is 26.7 Å². The van der Waals surface area contributed by atoms with Crippen molar-refractivity contribution >= 4 is 5.96 Å². The number of aliphatic imine (C=N–C) groups is 1. The maximum atomic E-state index is 5.76. The Morgan fingerprint density at radius 1 is 1.20 bits per heavy atom. The van der Waals surface area contributed by atoms with Crippen LogP contribution in [0.1, 0.15) is 24.0 Å². The van der Waals surface area contributed by atoms with Crippen molar-refractivity contribution in [1.82, 2.24) is 10.6 Å². The van der Waals surface area contributed by atoms with E-state index in [2.05, 4.69) is 47.7 Å². The summed E-state index contributed by atoms with van der Waals surface area (Å²) < 4.78 is 5.76. The maximum absolute atomic E-state index is 5.76. The Morgan fingerprint density at radius 2 is 1.90 bits per heavy atom. The number of hydrogen-bond donors (Lipinski definition) is 2.